The molecule has 1 aliphatic heterocycles. The molecule has 3 heterocycles. The number of aromatic nitrogens is 2. The summed E-state index contributed by atoms with van der Waals surface area (Å²) in [5.74, 6) is 0.616. The highest BCUT2D eigenvalue weighted by Gasteiger charge is 2.16. The van der Waals surface area contributed by atoms with Crippen molar-refractivity contribution in [3.05, 3.63) is 29.3 Å². The Morgan fingerprint density at radius 3 is 2.84 bits per heavy atom. The fraction of sp³-hybridized carbons (Fsp3) is 0.308. The van der Waals surface area contributed by atoms with Gasteiger partial charge in [0.25, 0.3) is 0 Å². The number of morpholine rings is 1. The van der Waals surface area contributed by atoms with Crippen molar-refractivity contribution in [1.82, 2.24) is 9.97 Å². The van der Waals surface area contributed by atoms with Gasteiger partial charge in [-0.1, -0.05) is 6.07 Å². The van der Waals surface area contributed by atoms with Crippen LogP contribution in [0.3, 0.4) is 0 Å². The molecule has 3 rings (SSSR count). The van der Waals surface area contributed by atoms with E-state index < -0.39 is 0 Å². The van der Waals surface area contributed by atoms with Crippen LogP contribution in [-0.2, 0) is 4.74 Å². The maximum Gasteiger partial charge on any atom is 0.227 e. The maximum atomic E-state index is 9.10. The SMILES string of the molecule is N#Cc1cc(-c2cccs2)nc(N2CCOCC2)n1. The normalized spacial score (nSPS) is 15.2. The predicted molar refractivity (Wildman–Crippen MR) is 73.1 cm³/mol. The highest BCUT2D eigenvalue weighted by molar-refractivity contribution is 7.13. The molecule has 0 atom stereocenters. The zero-order valence-corrected chi connectivity index (χ0v) is 11.1. The van der Waals surface area contributed by atoms with Crippen molar-refractivity contribution in [2.24, 2.45) is 0 Å². The molecule has 0 amide bonds. The van der Waals surface area contributed by atoms with E-state index in [1.54, 1.807) is 17.4 Å². The van der Waals surface area contributed by atoms with E-state index in [0.29, 0.717) is 24.9 Å². The lowest BCUT2D eigenvalue weighted by molar-refractivity contribution is 0.122. The lowest BCUT2D eigenvalue weighted by atomic mass is 10.3. The molecule has 1 fully saturated rings. The molecule has 0 aliphatic carbocycles. The van der Waals surface area contributed by atoms with Crippen molar-refractivity contribution in [2.45, 2.75) is 0 Å². The van der Waals surface area contributed by atoms with Crippen molar-refractivity contribution in [1.29, 1.82) is 5.26 Å². The van der Waals surface area contributed by atoms with Gasteiger partial charge in [-0.25, -0.2) is 9.97 Å². The number of hydrogen-bond acceptors (Lipinski definition) is 6. The van der Waals surface area contributed by atoms with Gasteiger partial charge in [-0.2, -0.15) is 5.26 Å². The quantitative estimate of drug-likeness (QED) is 0.835. The first kappa shape index (κ1) is 12.1. The first-order valence-corrected chi connectivity index (χ1v) is 6.90. The van der Waals surface area contributed by atoms with Gasteiger partial charge in [0.2, 0.25) is 5.95 Å². The number of ether oxygens (including phenoxy) is 1. The van der Waals surface area contributed by atoms with E-state index in [-0.39, 0.29) is 0 Å². The van der Waals surface area contributed by atoms with Gasteiger partial charge in [-0.05, 0) is 11.4 Å². The zero-order valence-electron chi connectivity index (χ0n) is 10.2. The third-order valence-corrected chi connectivity index (χ3v) is 3.79. The Kier molecular flexibility index (Phi) is 3.40. The summed E-state index contributed by atoms with van der Waals surface area (Å²) in [5.41, 5.74) is 1.21. The summed E-state index contributed by atoms with van der Waals surface area (Å²) in [6.45, 7) is 2.88. The molecule has 5 nitrogen and oxygen atoms in total. The second-order valence-electron chi connectivity index (χ2n) is 4.13. The minimum Gasteiger partial charge on any atom is -0.378 e. The maximum absolute atomic E-state index is 9.10. The van der Waals surface area contributed by atoms with E-state index >= 15 is 0 Å². The predicted octanol–water partition coefficient (Wildman–Crippen LogP) is 1.91. The first-order valence-electron chi connectivity index (χ1n) is 6.02. The number of thiophene rings is 1. The van der Waals surface area contributed by atoms with Crippen LogP contribution in [0, 0.1) is 11.3 Å². The minimum atomic E-state index is 0.403. The molecular formula is C13H12N4OS. The molecule has 1 saturated heterocycles. The molecular weight excluding hydrogens is 260 g/mol. The molecule has 0 radical (unpaired) electrons. The molecule has 6 heteroatoms. The molecule has 0 aromatic carbocycles. The Morgan fingerprint density at radius 1 is 1.32 bits per heavy atom. The monoisotopic (exact) mass is 272 g/mol. The Balaban J connectivity index is 2.00. The standard InChI is InChI=1S/C13H12N4OS/c14-9-10-8-11(12-2-1-7-19-12)16-13(15-10)17-3-5-18-6-4-17/h1-2,7-8H,3-6H2. The number of anilines is 1. The summed E-state index contributed by atoms with van der Waals surface area (Å²) >= 11 is 1.61. The third-order valence-electron chi connectivity index (χ3n) is 2.90. The molecule has 0 N–H and O–H groups in total. The van der Waals surface area contributed by atoms with E-state index in [4.69, 9.17) is 10.00 Å². The fourth-order valence-electron chi connectivity index (χ4n) is 1.95. The van der Waals surface area contributed by atoms with Crippen LogP contribution in [0.4, 0.5) is 5.95 Å². The van der Waals surface area contributed by atoms with Crippen molar-refractivity contribution in [3.63, 3.8) is 0 Å². The molecule has 0 spiro atoms. The van der Waals surface area contributed by atoms with Crippen LogP contribution in [-0.4, -0.2) is 36.3 Å². The highest BCUT2D eigenvalue weighted by atomic mass is 32.1. The summed E-state index contributed by atoms with van der Waals surface area (Å²) in [6, 6.07) is 7.81. The zero-order chi connectivity index (χ0) is 13.1. The Morgan fingerprint density at radius 2 is 2.16 bits per heavy atom. The number of rotatable bonds is 2. The van der Waals surface area contributed by atoms with Gasteiger partial charge in [0.05, 0.1) is 23.8 Å². The van der Waals surface area contributed by atoms with Gasteiger partial charge in [0.15, 0.2) is 0 Å². The summed E-state index contributed by atoms with van der Waals surface area (Å²) in [7, 11) is 0. The molecule has 2 aromatic rings. The van der Waals surface area contributed by atoms with Crippen LogP contribution in [0.5, 0.6) is 0 Å². The molecule has 96 valence electrons. The minimum absolute atomic E-state index is 0.403. The highest BCUT2D eigenvalue weighted by Crippen LogP contribution is 2.25. The molecule has 1 aliphatic rings. The van der Waals surface area contributed by atoms with Crippen molar-refractivity contribution in [3.8, 4) is 16.6 Å². The lowest BCUT2D eigenvalue weighted by Gasteiger charge is -2.26. The van der Waals surface area contributed by atoms with E-state index in [9.17, 15) is 0 Å². The van der Waals surface area contributed by atoms with E-state index in [2.05, 4.69) is 20.9 Å². The number of nitrogens with zero attached hydrogens (tertiary/aromatic N) is 4. The molecule has 19 heavy (non-hydrogen) atoms. The largest absolute Gasteiger partial charge is 0.378 e. The average Bonchev–Trinajstić information content (AvgIpc) is 3.02. The Labute approximate surface area is 115 Å². The van der Waals surface area contributed by atoms with E-state index in [1.807, 2.05) is 17.5 Å². The number of hydrogen-bond donors (Lipinski definition) is 0. The van der Waals surface area contributed by atoms with Crippen molar-refractivity contribution < 1.29 is 4.74 Å². The van der Waals surface area contributed by atoms with Gasteiger partial charge in [0.1, 0.15) is 11.8 Å². The number of nitriles is 1. The summed E-state index contributed by atoms with van der Waals surface area (Å²) < 4.78 is 5.32. The summed E-state index contributed by atoms with van der Waals surface area (Å²) in [6.07, 6.45) is 0. The van der Waals surface area contributed by atoms with Crippen molar-refractivity contribution >= 4 is 17.3 Å². The van der Waals surface area contributed by atoms with Crippen LogP contribution in [0.25, 0.3) is 10.6 Å². The van der Waals surface area contributed by atoms with E-state index in [1.165, 1.54) is 0 Å². The summed E-state index contributed by atoms with van der Waals surface area (Å²) in [4.78, 5) is 12.0. The lowest BCUT2D eigenvalue weighted by Crippen LogP contribution is -2.37. The topological polar surface area (TPSA) is 62.0 Å². The Hall–Kier alpha value is -1.97. The van der Waals surface area contributed by atoms with Gasteiger partial charge in [0, 0.05) is 19.2 Å². The van der Waals surface area contributed by atoms with Crippen LogP contribution in [0.2, 0.25) is 0 Å². The molecule has 0 unspecified atom stereocenters. The Bertz CT molecular complexity index is 600. The van der Waals surface area contributed by atoms with Crippen LogP contribution in [0.1, 0.15) is 5.69 Å². The smallest absolute Gasteiger partial charge is 0.227 e. The van der Waals surface area contributed by atoms with Gasteiger partial charge in [-0.15, -0.1) is 11.3 Å². The third kappa shape index (κ3) is 2.57. The fourth-order valence-corrected chi connectivity index (χ4v) is 2.63. The molecule has 2 aromatic heterocycles. The van der Waals surface area contributed by atoms with Crippen LogP contribution in [0.15, 0.2) is 23.6 Å². The van der Waals surface area contributed by atoms with Gasteiger partial charge in [-0.3, -0.25) is 0 Å². The first-order chi connectivity index (χ1) is 9.36. The molecule has 0 bridgehead atoms. The van der Waals surface area contributed by atoms with Gasteiger partial charge >= 0.3 is 0 Å². The van der Waals surface area contributed by atoms with Crippen molar-refractivity contribution in [2.75, 3.05) is 31.2 Å². The van der Waals surface area contributed by atoms with Gasteiger partial charge < -0.3 is 9.64 Å². The second kappa shape index (κ2) is 5.34. The van der Waals surface area contributed by atoms with Crippen LogP contribution < -0.4 is 4.90 Å². The van der Waals surface area contributed by atoms with E-state index in [0.717, 1.165) is 23.7 Å². The average molecular weight is 272 g/mol. The molecule has 0 saturated carbocycles. The second-order valence-corrected chi connectivity index (χ2v) is 5.07. The van der Waals surface area contributed by atoms with Crippen LogP contribution >= 0.6 is 11.3 Å². The summed E-state index contributed by atoms with van der Waals surface area (Å²) in [5, 5.41) is 11.1.